The fourth-order valence-corrected chi connectivity index (χ4v) is 5.35. The van der Waals surface area contributed by atoms with Gasteiger partial charge in [-0.2, -0.15) is 0 Å². The van der Waals surface area contributed by atoms with Crippen molar-refractivity contribution in [3.63, 3.8) is 0 Å². The number of amides is 1. The number of halogens is 1. The number of aliphatic hydroxyl groups is 1. The summed E-state index contributed by atoms with van der Waals surface area (Å²) in [6.45, 7) is 10.9. The minimum absolute atomic E-state index is 0.00930. The highest BCUT2D eigenvalue weighted by molar-refractivity contribution is 7.17. The van der Waals surface area contributed by atoms with Crippen LogP contribution in [0.25, 0.3) is 5.76 Å². The summed E-state index contributed by atoms with van der Waals surface area (Å²) in [6, 6.07) is 10.5. The molecule has 0 bridgehead atoms. The number of aromatic nitrogens is 1. The molecule has 8 nitrogen and oxygen atoms in total. The van der Waals surface area contributed by atoms with E-state index in [0.29, 0.717) is 39.8 Å². The van der Waals surface area contributed by atoms with Gasteiger partial charge in [0.25, 0.3) is 5.78 Å². The van der Waals surface area contributed by atoms with Crippen LogP contribution in [0.3, 0.4) is 0 Å². The first-order valence-electron chi connectivity index (χ1n) is 11.8. The molecule has 4 rings (SSSR count). The van der Waals surface area contributed by atoms with Crippen molar-refractivity contribution in [1.82, 2.24) is 4.98 Å². The van der Waals surface area contributed by atoms with Gasteiger partial charge in [-0.05, 0) is 55.3 Å². The monoisotopic (exact) mass is 564 g/mol. The number of rotatable bonds is 9. The Bertz CT molecular complexity index is 1530. The number of hydrogen-bond donors (Lipinski definition) is 1. The van der Waals surface area contributed by atoms with E-state index in [4.69, 9.17) is 21.1 Å². The summed E-state index contributed by atoms with van der Waals surface area (Å²) in [7, 11) is 0. The van der Waals surface area contributed by atoms with E-state index in [1.54, 1.807) is 62.4 Å². The van der Waals surface area contributed by atoms with Crippen LogP contribution in [0.2, 0.25) is 5.02 Å². The molecule has 1 aliphatic heterocycles. The molecule has 0 saturated carbocycles. The van der Waals surface area contributed by atoms with Crippen LogP contribution in [0.15, 0.2) is 73.3 Å². The second-order valence-corrected chi connectivity index (χ2v) is 10.0. The summed E-state index contributed by atoms with van der Waals surface area (Å²) in [5.74, 6) is -2.19. The first-order valence-corrected chi connectivity index (χ1v) is 13.0. The summed E-state index contributed by atoms with van der Waals surface area (Å²) in [5, 5.41) is 11.9. The highest BCUT2D eigenvalue weighted by Crippen LogP contribution is 2.44. The number of benzene rings is 2. The van der Waals surface area contributed by atoms with Crippen molar-refractivity contribution in [3.8, 4) is 5.75 Å². The van der Waals surface area contributed by atoms with Crippen molar-refractivity contribution in [3.05, 3.63) is 106 Å². The maximum atomic E-state index is 13.4. The van der Waals surface area contributed by atoms with E-state index in [2.05, 4.69) is 18.1 Å². The molecule has 10 heteroatoms. The third-order valence-corrected chi connectivity index (χ3v) is 7.29. The van der Waals surface area contributed by atoms with Crippen LogP contribution in [-0.2, 0) is 14.3 Å². The lowest BCUT2D eigenvalue weighted by atomic mass is 9.95. The maximum Gasteiger partial charge on any atom is 0.350 e. The van der Waals surface area contributed by atoms with Crippen LogP contribution in [-0.4, -0.2) is 41.0 Å². The second-order valence-electron chi connectivity index (χ2n) is 8.60. The Hall–Kier alpha value is -4.21. The topological polar surface area (TPSA) is 106 Å². The Kier molecular flexibility index (Phi) is 8.32. The van der Waals surface area contributed by atoms with Gasteiger partial charge in [0.2, 0.25) is 0 Å². The Labute approximate surface area is 234 Å². The average Bonchev–Trinajstić information content (AvgIpc) is 3.42. The number of Topliss-reactive ketones (excluding diaryl/α,β-unsaturated/α-hetero) is 1. The number of carbonyl (C=O) groups excluding carboxylic acids is 3. The molecule has 3 aromatic rings. The van der Waals surface area contributed by atoms with Gasteiger partial charge >= 0.3 is 11.9 Å². The third-order valence-electron chi connectivity index (χ3n) is 5.92. The Morgan fingerprint density at radius 1 is 1.15 bits per heavy atom. The maximum absolute atomic E-state index is 13.4. The van der Waals surface area contributed by atoms with E-state index in [9.17, 15) is 19.5 Å². The smallest absolute Gasteiger partial charge is 0.350 e. The van der Waals surface area contributed by atoms with Gasteiger partial charge in [0.05, 0.1) is 17.3 Å². The van der Waals surface area contributed by atoms with Crippen LogP contribution in [0.4, 0.5) is 5.13 Å². The molecule has 39 heavy (non-hydrogen) atoms. The molecule has 200 valence electrons. The van der Waals surface area contributed by atoms with Crippen molar-refractivity contribution in [1.29, 1.82) is 0 Å². The quantitative estimate of drug-likeness (QED) is 0.113. The van der Waals surface area contributed by atoms with E-state index in [1.165, 1.54) is 11.0 Å². The molecule has 2 aromatic carbocycles. The lowest BCUT2D eigenvalue weighted by molar-refractivity contribution is -0.132. The van der Waals surface area contributed by atoms with E-state index in [1.807, 2.05) is 0 Å². The normalized spacial score (nSPS) is 16.3. The zero-order valence-corrected chi connectivity index (χ0v) is 22.8. The lowest BCUT2D eigenvalue weighted by Crippen LogP contribution is -2.29. The highest BCUT2D eigenvalue weighted by atomic mass is 35.5. The zero-order valence-electron chi connectivity index (χ0n) is 21.3. The largest absolute Gasteiger partial charge is 0.507 e. The molecule has 0 radical (unpaired) electrons. The number of hydrogen-bond acceptors (Lipinski definition) is 8. The van der Waals surface area contributed by atoms with Gasteiger partial charge < -0.3 is 14.6 Å². The first-order chi connectivity index (χ1) is 18.7. The van der Waals surface area contributed by atoms with Gasteiger partial charge in [0.1, 0.15) is 29.6 Å². The number of aliphatic hydroxyl groups excluding tert-OH is 1. The molecule has 1 saturated heterocycles. The van der Waals surface area contributed by atoms with E-state index in [-0.39, 0.29) is 27.9 Å². The van der Waals surface area contributed by atoms with Gasteiger partial charge in [-0.1, -0.05) is 60.4 Å². The molecule has 1 aliphatic rings. The lowest BCUT2D eigenvalue weighted by Gasteiger charge is -2.23. The second kappa shape index (κ2) is 11.7. The molecular formula is C29H25ClN2O6S. The number of ketones is 1. The Morgan fingerprint density at radius 2 is 1.90 bits per heavy atom. The van der Waals surface area contributed by atoms with Crippen LogP contribution in [0.5, 0.6) is 5.75 Å². The summed E-state index contributed by atoms with van der Waals surface area (Å²) in [4.78, 5) is 45.2. The average molecular weight is 565 g/mol. The van der Waals surface area contributed by atoms with Crippen molar-refractivity contribution in [2.75, 3.05) is 18.1 Å². The molecule has 1 fully saturated rings. The Morgan fingerprint density at radius 3 is 2.56 bits per heavy atom. The number of esters is 1. The number of ether oxygens (including phenoxy) is 2. The van der Waals surface area contributed by atoms with E-state index >= 15 is 0 Å². The number of aryl methyl sites for hydroxylation is 2. The van der Waals surface area contributed by atoms with Gasteiger partial charge in [0.15, 0.2) is 5.13 Å². The molecule has 1 unspecified atom stereocenters. The molecule has 2 heterocycles. The fraction of sp³-hybridized carbons (Fsp3) is 0.172. The standard InChI is InChI=1S/C29H25ClN2O6S/c1-5-12-37-21-11-10-19(14-16(21)3)24(33)22-23(18-8-7-9-20(30)15-18)32(27(35)25(22)34)29-31-17(4)26(39-29)28(36)38-13-6-2/h5-11,14-15,23,33H,1-2,12-13H2,3-4H3/b24-22+. The summed E-state index contributed by atoms with van der Waals surface area (Å²) < 4.78 is 10.7. The summed E-state index contributed by atoms with van der Waals surface area (Å²) in [5.41, 5.74) is 1.72. The number of thiazole rings is 1. The zero-order chi connectivity index (χ0) is 28.3. The van der Waals surface area contributed by atoms with Gasteiger partial charge in [-0.25, -0.2) is 9.78 Å². The molecule has 1 atom stereocenters. The van der Waals surface area contributed by atoms with Crippen molar-refractivity contribution >= 4 is 51.5 Å². The van der Waals surface area contributed by atoms with Gasteiger partial charge in [0, 0.05) is 10.6 Å². The first kappa shape index (κ1) is 27.8. The minimum atomic E-state index is -1.05. The molecule has 1 N–H and O–H groups in total. The fourth-order valence-electron chi connectivity index (χ4n) is 4.16. The van der Waals surface area contributed by atoms with E-state index < -0.39 is 23.7 Å². The highest BCUT2D eigenvalue weighted by Gasteiger charge is 2.48. The van der Waals surface area contributed by atoms with E-state index in [0.717, 1.165) is 11.3 Å². The SMILES string of the molecule is C=CCOC(=O)c1sc(N2C(=O)C(=O)/C(=C(/O)c3ccc(OCC=C)c(C)c3)C2c2cccc(Cl)c2)nc1C. The van der Waals surface area contributed by atoms with Gasteiger partial charge in [-0.3, -0.25) is 14.5 Å². The van der Waals surface area contributed by atoms with Crippen molar-refractivity contribution in [2.45, 2.75) is 19.9 Å². The number of nitrogens with zero attached hydrogens (tertiary/aromatic N) is 2. The molecule has 1 amide bonds. The Balaban J connectivity index is 1.86. The van der Waals surface area contributed by atoms with Crippen LogP contribution >= 0.6 is 22.9 Å². The molecular weight excluding hydrogens is 540 g/mol. The van der Waals surface area contributed by atoms with Crippen LogP contribution < -0.4 is 9.64 Å². The molecule has 1 aromatic heterocycles. The minimum Gasteiger partial charge on any atom is -0.507 e. The van der Waals surface area contributed by atoms with Crippen LogP contribution in [0.1, 0.15) is 38.1 Å². The van der Waals surface area contributed by atoms with Crippen LogP contribution in [0, 0.1) is 13.8 Å². The van der Waals surface area contributed by atoms with Crippen molar-refractivity contribution < 1.29 is 29.0 Å². The number of carbonyl (C=O) groups is 3. The summed E-state index contributed by atoms with van der Waals surface area (Å²) >= 11 is 7.18. The predicted octanol–water partition coefficient (Wildman–Crippen LogP) is 5.95. The third kappa shape index (κ3) is 5.50. The molecule has 0 aliphatic carbocycles. The predicted molar refractivity (Wildman–Crippen MR) is 150 cm³/mol. The number of anilines is 1. The van der Waals surface area contributed by atoms with Crippen molar-refractivity contribution in [2.24, 2.45) is 0 Å². The molecule has 0 spiro atoms. The summed E-state index contributed by atoms with van der Waals surface area (Å²) in [6.07, 6.45) is 3.05. The van der Waals surface area contributed by atoms with Gasteiger partial charge in [-0.15, -0.1) is 0 Å².